The molecule has 0 saturated carbocycles. The van der Waals surface area contributed by atoms with Gasteiger partial charge in [0.25, 0.3) is 0 Å². The molecule has 3 heteroatoms. The molecule has 0 aliphatic heterocycles. The van der Waals surface area contributed by atoms with Crippen molar-refractivity contribution in [3.8, 4) is 0 Å². The maximum Gasteiger partial charge on any atom is 0.157 e. The third-order valence-corrected chi connectivity index (χ3v) is 0.985. The van der Waals surface area contributed by atoms with E-state index in [1.807, 2.05) is 13.8 Å². The molecule has 0 aromatic heterocycles. The van der Waals surface area contributed by atoms with Gasteiger partial charge < -0.3 is 10.9 Å². The molecule has 0 heterocycles. The predicted octanol–water partition coefficient (Wildman–Crippen LogP) is 0.325. The van der Waals surface area contributed by atoms with Gasteiger partial charge in [0, 0.05) is 13.0 Å². The van der Waals surface area contributed by atoms with Crippen molar-refractivity contribution in [1.29, 1.82) is 0 Å². The lowest BCUT2D eigenvalue weighted by molar-refractivity contribution is -0.488. The summed E-state index contributed by atoms with van der Waals surface area (Å²) in [6.07, 6.45) is 2.24. The summed E-state index contributed by atoms with van der Waals surface area (Å²) in [5, 5.41) is 10.7. The van der Waals surface area contributed by atoms with Gasteiger partial charge in [-0.05, 0) is 13.8 Å². The van der Waals surface area contributed by atoms with E-state index in [9.17, 15) is 5.21 Å². The van der Waals surface area contributed by atoms with Crippen molar-refractivity contribution in [3.63, 3.8) is 0 Å². The molecule has 0 fully saturated rings. The molecule has 0 saturated heterocycles. The highest BCUT2D eigenvalue weighted by Crippen LogP contribution is 1.83. The zero-order valence-corrected chi connectivity index (χ0v) is 6.00. The topological polar surface area (TPSA) is 52.1 Å². The second-order valence-electron chi connectivity index (χ2n) is 2.21. The number of nitrogens with two attached hydrogens (primary N) is 1. The summed E-state index contributed by atoms with van der Waals surface area (Å²) in [4.78, 5) is 0. The van der Waals surface area contributed by atoms with Gasteiger partial charge in [0.05, 0.1) is 0 Å². The minimum absolute atomic E-state index is 0.0385. The molecule has 0 atom stereocenters. The summed E-state index contributed by atoms with van der Waals surface area (Å²) in [6.45, 7) is 4.24. The van der Waals surface area contributed by atoms with E-state index in [-0.39, 0.29) is 6.04 Å². The zero-order chi connectivity index (χ0) is 7.28. The van der Waals surface area contributed by atoms with Gasteiger partial charge in [-0.3, -0.25) is 0 Å². The van der Waals surface area contributed by atoms with Gasteiger partial charge in [-0.2, -0.15) is 0 Å². The van der Waals surface area contributed by atoms with Gasteiger partial charge in [-0.25, -0.2) is 4.74 Å². The van der Waals surface area contributed by atoms with Crippen molar-refractivity contribution in [2.75, 3.05) is 6.54 Å². The SMILES string of the molecule is CC(C)/[N+]([O-])=C/CCN. The van der Waals surface area contributed by atoms with Gasteiger partial charge in [0.1, 0.15) is 0 Å². The molecule has 0 aromatic rings. The average Bonchev–Trinajstić information content (AvgIpc) is 1.82. The molecule has 9 heavy (non-hydrogen) atoms. The summed E-state index contributed by atoms with van der Waals surface area (Å²) in [6, 6.07) is 0.0385. The van der Waals surface area contributed by atoms with Crippen LogP contribution in [0.4, 0.5) is 0 Å². The first-order chi connectivity index (χ1) is 4.18. The zero-order valence-electron chi connectivity index (χ0n) is 6.00. The molecule has 54 valence electrons. The minimum Gasteiger partial charge on any atom is -0.624 e. The molecule has 0 radical (unpaired) electrons. The van der Waals surface area contributed by atoms with Crippen molar-refractivity contribution in [3.05, 3.63) is 5.21 Å². The van der Waals surface area contributed by atoms with E-state index < -0.39 is 0 Å². The summed E-state index contributed by atoms with van der Waals surface area (Å²) < 4.78 is 0.923. The molecular formula is C6H14N2O. The Morgan fingerprint density at radius 3 is 2.56 bits per heavy atom. The standard InChI is InChI=1S/C6H14N2O/c1-6(2)8(9)5-3-4-7/h5-6H,3-4,7H2,1-2H3/b8-5-. The van der Waals surface area contributed by atoms with Gasteiger partial charge in [-0.1, -0.05) is 0 Å². The monoisotopic (exact) mass is 130 g/mol. The lowest BCUT2D eigenvalue weighted by Crippen LogP contribution is -2.16. The van der Waals surface area contributed by atoms with E-state index in [4.69, 9.17) is 5.73 Å². The summed E-state index contributed by atoms with van der Waals surface area (Å²) >= 11 is 0. The summed E-state index contributed by atoms with van der Waals surface area (Å²) in [7, 11) is 0. The third kappa shape index (κ3) is 3.97. The Kier molecular flexibility index (Phi) is 4.05. The van der Waals surface area contributed by atoms with Gasteiger partial charge in [-0.15, -0.1) is 0 Å². The van der Waals surface area contributed by atoms with Crippen LogP contribution in [0.5, 0.6) is 0 Å². The predicted molar refractivity (Wildman–Crippen MR) is 38.5 cm³/mol. The Morgan fingerprint density at radius 1 is 1.67 bits per heavy atom. The molecule has 2 N–H and O–H groups in total. The largest absolute Gasteiger partial charge is 0.624 e. The van der Waals surface area contributed by atoms with Crippen LogP contribution in [0.2, 0.25) is 0 Å². The summed E-state index contributed by atoms with van der Waals surface area (Å²) in [5.74, 6) is 0. The van der Waals surface area contributed by atoms with Crippen LogP contribution >= 0.6 is 0 Å². The number of hydrogen-bond acceptors (Lipinski definition) is 2. The maximum absolute atomic E-state index is 10.7. The fraction of sp³-hybridized carbons (Fsp3) is 0.833. The number of nitrogens with zero attached hydrogens (tertiary/aromatic N) is 1. The molecule has 0 bridgehead atoms. The second kappa shape index (κ2) is 4.32. The van der Waals surface area contributed by atoms with E-state index in [0.29, 0.717) is 13.0 Å². The molecule has 0 aliphatic rings. The first-order valence-electron chi connectivity index (χ1n) is 3.17. The molecule has 0 amide bonds. The van der Waals surface area contributed by atoms with E-state index in [2.05, 4.69) is 0 Å². The van der Waals surface area contributed by atoms with Gasteiger partial charge in [0.15, 0.2) is 12.3 Å². The van der Waals surface area contributed by atoms with Crippen molar-refractivity contribution in [2.45, 2.75) is 26.3 Å². The first-order valence-corrected chi connectivity index (χ1v) is 3.17. The van der Waals surface area contributed by atoms with Crippen LogP contribution in [0.15, 0.2) is 0 Å². The van der Waals surface area contributed by atoms with Crippen LogP contribution in [-0.4, -0.2) is 23.5 Å². The van der Waals surface area contributed by atoms with Crippen molar-refractivity contribution in [2.24, 2.45) is 5.73 Å². The highest BCUT2D eigenvalue weighted by Gasteiger charge is 1.96. The number of hydroxylamine groups is 1. The summed E-state index contributed by atoms with van der Waals surface area (Å²) in [5.41, 5.74) is 5.18. The van der Waals surface area contributed by atoms with Crippen LogP contribution in [0.3, 0.4) is 0 Å². The second-order valence-corrected chi connectivity index (χ2v) is 2.21. The Bertz CT molecular complexity index is 99.2. The Hall–Kier alpha value is -0.570. The first kappa shape index (κ1) is 8.43. The molecule has 0 aromatic carbocycles. The number of hydrogen-bond donors (Lipinski definition) is 1. The van der Waals surface area contributed by atoms with Gasteiger partial charge >= 0.3 is 0 Å². The van der Waals surface area contributed by atoms with Crippen molar-refractivity contribution < 1.29 is 4.74 Å². The highest BCUT2D eigenvalue weighted by molar-refractivity contribution is 5.51. The smallest absolute Gasteiger partial charge is 0.157 e. The highest BCUT2D eigenvalue weighted by atomic mass is 16.5. The Morgan fingerprint density at radius 2 is 2.22 bits per heavy atom. The molecule has 0 aliphatic carbocycles. The van der Waals surface area contributed by atoms with Crippen LogP contribution in [0.1, 0.15) is 20.3 Å². The Balaban J connectivity index is 3.55. The molecule has 0 rings (SSSR count). The van der Waals surface area contributed by atoms with Crippen molar-refractivity contribution >= 4 is 6.21 Å². The fourth-order valence-electron chi connectivity index (χ4n) is 0.413. The Labute approximate surface area is 55.8 Å². The maximum atomic E-state index is 10.7. The van der Waals surface area contributed by atoms with E-state index in [0.717, 1.165) is 4.74 Å². The molecular weight excluding hydrogens is 116 g/mol. The van der Waals surface area contributed by atoms with Crippen LogP contribution in [-0.2, 0) is 0 Å². The molecule has 0 spiro atoms. The molecule has 3 nitrogen and oxygen atoms in total. The van der Waals surface area contributed by atoms with Gasteiger partial charge in [0.2, 0.25) is 0 Å². The fourth-order valence-corrected chi connectivity index (χ4v) is 0.413. The van der Waals surface area contributed by atoms with E-state index >= 15 is 0 Å². The quantitative estimate of drug-likeness (QED) is 0.259. The van der Waals surface area contributed by atoms with Crippen molar-refractivity contribution in [1.82, 2.24) is 0 Å². The third-order valence-electron chi connectivity index (χ3n) is 0.985. The lowest BCUT2D eigenvalue weighted by atomic mass is 10.4. The average molecular weight is 130 g/mol. The van der Waals surface area contributed by atoms with Crippen LogP contribution in [0, 0.1) is 5.21 Å². The molecule has 0 unspecified atom stereocenters. The minimum atomic E-state index is 0.0385. The lowest BCUT2D eigenvalue weighted by Gasteiger charge is -2.05. The van der Waals surface area contributed by atoms with Crippen LogP contribution in [0.25, 0.3) is 0 Å². The van der Waals surface area contributed by atoms with Crippen LogP contribution < -0.4 is 5.73 Å². The number of rotatable bonds is 3. The van der Waals surface area contributed by atoms with E-state index in [1.165, 1.54) is 0 Å². The normalized spacial score (nSPS) is 12.7. The van der Waals surface area contributed by atoms with E-state index in [1.54, 1.807) is 6.21 Å².